The van der Waals surface area contributed by atoms with Crippen LogP contribution in [0, 0.1) is 0 Å². The molecule has 118 valence electrons. The summed E-state index contributed by atoms with van der Waals surface area (Å²) >= 11 is 0. The number of benzene rings is 1. The molecule has 0 spiro atoms. The van der Waals surface area contributed by atoms with E-state index in [1.165, 1.54) is 19.2 Å². The van der Waals surface area contributed by atoms with Crippen LogP contribution < -0.4 is 15.2 Å². The van der Waals surface area contributed by atoms with Crippen molar-refractivity contribution < 1.29 is 13.2 Å². The average Bonchev–Trinajstić information content (AvgIpc) is 2.47. The number of rotatable bonds is 5. The summed E-state index contributed by atoms with van der Waals surface area (Å²) < 4.78 is 32.6. The number of sulfonamides is 1. The van der Waals surface area contributed by atoms with Crippen LogP contribution in [0.15, 0.2) is 23.1 Å². The molecule has 0 aliphatic carbocycles. The van der Waals surface area contributed by atoms with Crippen molar-refractivity contribution in [3.63, 3.8) is 0 Å². The second kappa shape index (κ2) is 6.64. The van der Waals surface area contributed by atoms with Gasteiger partial charge < -0.3 is 15.4 Å². The predicted molar refractivity (Wildman–Crippen MR) is 82.9 cm³/mol. The molecular formula is C14H23N3O3S. The highest BCUT2D eigenvalue weighted by molar-refractivity contribution is 7.89. The van der Waals surface area contributed by atoms with Gasteiger partial charge in [-0.05, 0) is 44.6 Å². The largest absolute Gasteiger partial charge is 0.497 e. The van der Waals surface area contributed by atoms with Crippen molar-refractivity contribution in [2.75, 3.05) is 32.5 Å². The van der Waals surface area contributed by atoms with Crippen LogP contribution in [0.2, 0.25) is 0 Å². The van der Waals surface area contributed by atoms with Crippen molar-refractivity contribution in [2.45, 2.75) is 30.7 Å². The summed E-state index contributed by atoms with van der Waals surface area (Å²) in [6, 6.07) is 4.58. The zero-order valence-electron chi connectivity index (χ0n) is 12.5. The Hall–Kier alpha value is -1.31. The van der Waals surface area contributed by atoms with Gasteiger partial charge in [0.25, 0.3) is 0 Å². The van der Waals surface area contributed by atoms with Gasteiger partial charge in [0.15, 0.2) is 0 Å². The summed E-state index contributed by atoms with van der Waals surface area (Å²) in [5.74, 6) is 0.544. The van der Waals surface area contributed by atoms with Gasteiger partial charge in [-0.2, -0.15) is 0 Å². The highest BCUT2D eigenvalue weighted by atomic mass is 32.2. The molecular weight excluding hydrogens is 290 g/mol. The topological polar surface area (TPSA) is 84.7 Å². The molecule has 0 saturated carbocycles. The molecule has 1 fully saturated rings. The van der Waals surface area contributed by atoms with E-state index in [1.807, 2.05) is 0 Å². The summed E-state index contributed by atoms with van der Waals surface area (Å²) in [4.78, 5) is 2.42. The highest BCUT2D eigenvalue weighted by Crippen LogP contribution is 2.24. The molecule has 1 heterocycles. The molecule has 0 unspecified atom stereocenters. The maximum atomic E-state index is 12.4. The normalized spacial score (nSPS) is 17.8. The van der Waals surface area contributed by atoms with Crippen LogP contribution in [0.1, 0.15) is 19.8 Å². The third kappa shape index (κ3) is 3.87. The van der Waals surface area contributed by atoms with Gasteiger partial charge in [-0.15, -0.1) is 0 Å². The summed E-state index contributed by atoms with van der Waals surface area (Å²) in [6.07, 6.45) is 1.65. The van der Waals surface area contributed by atoms with Crippen molar-refractivity contribution in [3.05, 3.63) is 18.2 Å². The van der Waals surface area contributed by atoms with E-state index in [0.29, 0.717) is 5.75 Å². The fourth-order valence-electron chi connectivity index (χ4n) is 2.55. The summed E-state index contributed by atoms with van der Waals surface area (Å²) in [5, 5.41) is 0. The number of ether oxygens (including phenoxy) is 1. The first-order chi connectivity index (χ1) is 9.96. The molecule has 2 rings (SSSR count). The molecule has 0 aromatic heterocycles. The number of methoxy groups -OCH3 is 1. The third-order valence-corrected chi connectivity index (χ3v) is 5.46. The Morgan fingerprint density at radius 3 is 2.57 bits per heavy atom. The third-order valence-electron chi connectivity index (χ3n) is 3.86. The zero-order valence-corrected chi connectivity index (χ0v) is 13.3. The van der Waals surface area contributed by atoms with E-state index in [-0.39, 0.29) is 16.6 Å². The van der Waals surface area contributed by atoms with E-state index in [0.717, 1.165) is 32.5 Å². The molecule has 0 amide bonds. The number of anilines is 1. The second-order valence-corrected chi connectivity index (χ2v) is 6.92. The minimum Gasteiger partial charge on any atom is -0.497 e. The molecule has 7 heteroatoms. The summed E-state index contributed by atoms with van der Waals surface area (Å²) in [5.41, 5.74) is 6.03. The van der Waals surface area contributed by atoms with E-state index < -0.39 is 10.0 Å². The van der Waals surface area contributed by atoms with Crippen LogP contribution in [0.3, 0.4) is 0 Å². The standard InChI is InChI=1S/C14H23N3O3S/c1-3-17-8-6-11(7-9-17)16-21(18,19)14-5-4-12(20-2)10-13(14)15/h4-5,10-11,16H,3,6-9,15H2,1-2H3. The van der Waals surface area contributed by atoms with Crippen LogP contribution in [0.4, 0.5) is 5.69 Å². The van der Waals surface area contributed by atoms with Gasteiger partial charge in [-0.1, -0.05) is 6.92 Å². The number of likely N-dealkylation sites (tertiary alicyclic amines) is 1. The summed E-state index contributed by atoms with van der Waals surface area (Å²) in [6.45, 7) is 4.96. The number of nitrogens with two attached hydrogens (primary N) is 1. The predicted octanol–water partition coefficient (Wildman–Crippen LogP) is 1.04. The van der Waals surface area contributed by atoms with Gasteiger partial charge in [0, 0.05) is 12.1 Å². The lowest BCUT2D eigenvalue weighted by Gasteiger charge is -2.31. The molecule has 0 atom stereocenters. The molecule has 1 aromatic carbocycles. The lowest BCUT2D eigenvalue weighted by atomic mass is 10.1. The first kappa shape index (κ1) is 16.1. The minimum atomic E-state index is -3.59. The maximum absolute atomic E-state index is 12.4. The monoisotopic (exact) mass is 313 g/mol. The van der Waals surface area contributed by atoms with Crippen molar-refractivity contribution in [1.82, 2.24) is 9.62 Å². The average molecular weight is 313 g/mol. The Morgan fingerprint density at radius 1 is 1.38 bits per heavy atom. The van der Waals surface area contributed by atoms with Crippen LogP contribution >= 0.6 is 0 Å². The first-order valence-electron chi connectivity index (χ1n) is 7.14. The van der Waals surface area contributed by atoms with Crippen molar-refractivity contribution in [2.24, 2.45) is 0 Å². The van der Waals surface area contributed by atoms with Crippen LogP contribution in [-0.4, -0.2) is 46.1 Å². The van der Waals surface area contributed by atoms with E-state index in [2.05, 4.69) is 16.5 Å². The Morgan fingerprint density at radius 2 is 2.05 bits per heavy atom. The minimum absolute atomic E-state index is 0.0284. The number of hydrogen-bond donors (Lipinski definition) is 2. The first-order valence-corrected chi connectivity index (χ1v) is 8.62. The van der Waals surface area contributed by atoms with Crippen LogP contribution in [0.5, 0.6) is 5.75 Å². The number of piperidine rings is 1. The van der Waals surface area contributed by atoms with Crippen molar-refractivity contribution in [3.8, 4) is 5.75 Å². The second-order valence-electron chi connectivity index (χ2n) is 5.23. The molecule has 0 bridgehead atoms. The van der Waals surface area contributed by atoms with Gasteiger partial charge in [0.2, 0.25) is 10.0 Å². The van der Waals surface area contributed by atoms with E-state index >= 15 is 0 Å². The molecule has 1 aliphatic rings. The number of nitrogens with zero attached hydrogens (tertiary/aromatic N) is 1. The molecule has 21 heavy (non-hydrogen) atoms. The Kier molecular flexibility index (Phi) is 5.08. The molecule has 1 aromatic rings. The van der Waals surface area contributed by atoms with Gasteiger partial charge in [0.05, 0.1) is 12.8 Å². The van der Waals surface area contributed by atoms with E-state index in [4.69, 9.17) is 10.5 Å². The maximum Gasteiger partial charge on any atom is 0.242 e. The van der Waals surface area contributed by atoms with Gasteiger partial charge >= 0.3 is 0 Å². The molecule has 1 aliphatic heterocycles. The van der Waals surface area contributed by atoms with Crippen molar-refractivity contribution in [1.29, 1.82) is 0 Å². The van der Waals surface area contributed by atoms with Gasteiger partial charge in [0.1, 0.15) is 10.6 Å². The summed E-state index contributed by atoms with van der Waals surface area (Å²) in [7, 11) is -2.07. The number of nitrogens with one attached hydrogen (secondary N) is 1. The molecule has 3 N–H and O–H groups in total. The fourth-order valence-corrected chi connectivity index (χ4v) is 3.97. The lowest BCUT2D eigenvalue weighted by molar-refractivity contribution is 0.217. The van der Waals surface area contributed by atoms with Crippen molar-refractivity contribution >= 4 is 15.7 Å². The van der Waals surface area contributed by atoms with Crippen LogP contribution in [0.25, 0.3) is 0 Å². The molecule has 6 nitrogen and oxygen atoms in total. The highest BCUT2D eigenvalue weighted by Gasteiger charge is 2.25. The fraction of sp³-hybridized carbons (Fsp3) is 0.571. The molecule has 0 radical (unpaired) electrons. The molecule has 1 saturated heterocycles. The van der Waals surface area contributed by atoms with Gasteiger partial charge in [-0.3, -0.25) is 0 Å². The Balaban J connectivity index is 2.08. The van der Waals surface area contributed by atoms with E-state index in [9.17, 15) is 8.42 Å². The van der Waals surface area contributed by atoms with Gasteiger partial charge in [-0.25, -0.2) is 13.1 Å². The zero-order chi connectivity index (χ0) is 15.5. The number of hydrogen-bond acceptors (Lipinski definition) is 5. The van der Waals surface area contributed by atoms with E-state index in [1.54, 1.807) is 6.07 Å². The smallest absolute Gasteiger partial charge is 0.242 e. The Bertz CT molecular complexity index is 581. The lowest BCUT2D eigenvalue weighted by Crippen LogP contribution is -2.44. The van der Waals surface area contributed by atoms with Crippen LogP contribution in [-0.2, 0) is 10.0 Å². The number of nitrogen functional groups attached to an aromatic ring is 1. The quantitative estimate of drug-likeness (QED) is 0.794. The Labute approximate surface area is 126 Å². The SMILES string of the molecule is CCN1CCC(NS(=O)(=O)c2ccc(OC)cc2N)CC1.